The van der Waals surface area contributed by atoms with Crippen molar-refractivity contribution in [3.8, 4) is 0 Å². The minimum absolute atomic E-state index is 0.353. The predicted octanol–water partition coefficient (Wildman–Crippen LogP) is 3.46. The van der Waals surface area contributed by atoms with E-state index >= 15 is 0 Å². The lowest BCUT2D eigenvalue weighted by Gasteiger charge is -2.13. The summed E-state index contributed by atoms with van der Waals surface area (Å²) < 4.78 is 0.762. The van der Waals surface area contributed by atoms with Crippen LogP contribution in [0.5, 0.6) is 0 Å². The van der Waals surface area contributed by atoms with Crippen molar-refractivity contribution in [1.29, 1.82) is 0 Å². The number of carbonyl (C=O) groups excluding carboxylic acids is 1. The van der Waals surface area contributed by atoms with E-state index in [2.05, 4.69) is 0 Å². The molecule has 98 valence electrons. The molecule has 0 aliphatic heterocycles. The maximum absolute atomic E-state index is 11.9. The van der Waals surface area contributed by atoms with Crippen LogP contribution in [0.25, 0.3) is 0 Å². The van der Waals surface area contributed by atoms with Gasteiger partial charge in [0.2, 0.25) is 0 Å². The van der Waals surface area contributed by atoms with Gasteiger partial charge < -0.3 is 0 Å². The molecule has 4 heteroatoms. The molecule has 0 unspecified atom stereocenters. The van der Waals surface area contributed by atoms with Gasteiger partial charge in [0.05, 0.1) is 6.61 Å². The molecule has 0 atom stereocenters. The Balaban J connectivity index is 1.82. The van der Waals surface area contributed by atoms with E-state index in [9.17, 15) is 4.79 Å². The molecule has 0 spiro atoms. The molecular formula is C15H14ClNO2. The number of hydrogen-bond donors (Lipinski definition) is 0. The summed E-state index contributed by atoms with van der Waals surface area (Å²) in [5, 5.41) is 0. The standard InChI is InChI=1S/C15H14ClNO2/c16-17(15(18)14-9-5-2-6-10-14)19-12-11-13-7-3-1-4-8-13/h1-10H,11-12H2. The van der Waals surface area contributed by atoms with Crippen LogP contribution >= 0.6 is 11.8 Å². The van der Waals surface area contributed by atoms with Crippen molar-refractivity contribution in [2.24, 2.45) is 0 Å². The van der Waals surface area contributed by atoms with Crippen molar-refractivity contribution < 1.29 is 9.63 Å². The Bertz CT molecular complexity index is 516. The van der Waals surface area contributed by atoms with Gasteiger partial charge in [0.25, 0.3) is 5.91 Å². The molecule has 2 aromatic rings. The number of nitrogens with zero attached hydrogens (tertiary/aromatic N) is 1. The van der Waals surface area contributed by atoms with Crippen LogP contribution in [0.1, 0.15) is 15.9 Å². The number of amides is 1. The molecule has 2 rings (SSSR count). The summed E-state index contributed by atoms with van der Waals surface area (Å²) >= 11 is 5.79. The van der Waals surface area contributed by atoms with Gasteiger partial charge in [-0.3, -0.25) is 9.63 Å². The Morgan fingerprint density at radius 3 is 2.21 bits per heavy atom. The molecule has 0 fully saturated rings. The second-order valence-electron chi connectivity index (χ2n) is 3.98. The molecule has 0 radical (unpaired) electrons. The minimum atomic E-state index is -0.365. The van der Waals surface area contributed by atoms with E-state index in [1.54, 1.807) is 24.3 Å². The molecule has 19 heavy (non-hydrogen) atoms. The van der Waals surface area contributed by atoms with Crippen molar-refractivity contribution in [2.75, 3.05) is 6.61 Å². The average Bonchev–Trinajstić information content (AvgIpc) is 2.48. The number of rotatable bonds is 5. The quantitative estimate of drug-likeness (QED) is 0.618. The molecule has 0 saturated heterocycles. The van der Waals surface area contributed by atoms with Crippen molar-refractivity contribution in [2.45, 2.75) is 6.42 Å². The Morgan fingerprint density at radius 1 is 1.00 bits per heavy atom. The average molecular weight is 276 g/mol. The monoisotopic (exact) mass is 275 g/mol. The third-order valence-electron chi connectivity index (χ3n) is 2.62. The van der Waals surface area contributed by atoms with Gasteiger partial charge in [-0.05, 0) is 24.1 Å². The summed E-state index contributed by atoms with van der Waals surface area (Å²) in [5.74, 6) is -0.365. The van der Waals surface area contributed by atoms with Gasteiger partial charge in [-0.15, -0.1) is 4.58 Å². The van der Waals surface area contributed by atoms with Gasteiger partial charge in [0.15, 0.2) is 0 Å². The van der Waals surface area contributed by atoms with Crippen molar-refractivity contribution in [1.82, 2.24) is 4.58 Å². The van der Waals surface area contributed by atoms with Crippen LogP contribution in [0, 0.1) is 0 Å². The van der Waals surface area contributed by atoms with Gasteiger partial charge in [-0.1, -0.05) is 48.5 Å². The lowest BCUT2D eigenvalue weighted by Crippen LogP contribution is -2.23. The van der Waals surface area contributed by atoms with Gasteiger partial charge in [0, 0.05) is 17.3 Å². The van der Waals surface area contributed by atoms with E-state index in [-0.39, 0.29) is 5.91 Å². The van der Waals surface area contributed by atoms with E-state index in [1.807, 2.05) is 36.4 Å². The smallest absolute Gasteiger partial charge is 0.265 e. The Hall–Kier alpha value is -1.84. The molecule has 0 aliphatic carbocycles. The fourth-order valence-corrected chi connectivity index (χ4v) is 1.80. The summed E-state index contributed by atoms with van der Waals surface area (Å²) in [7, 11) is 0. The lowest BCUT2D eigenvalue weighted by molar-refractivity contribution is -0.0574. The summed E-state index contributed by atoms with van der Waals surface area (Å²) in [6.45, 7) is 0.353. The molecule has 0 aliphatic rings. The summed E-state index contributed by atoms with van der Waals surface area (Å²) in [6, 6.07) is 18.7. The second kappa shape index (κ2) is 6.92. The molecule has 0 saturated carbocycles. The van der Waals surface area contributed by atoms with Gasteiger partial charge in [0.1, 0.15) is 0 Å². The highest BCUT2D eigenvalue weighted by molar-refractivity contribution is 6.23. The number of halogens is 1. The summed E-state index contributed by atoms with van der Waals surface area (Å²) in [5.41, 5.74) is 1.64. The van der Waals surface area contributed by atoms with Crippen LogP contribution in [-0.4, -0.2) is 17.1 Å². The third-order valence-corrected chi connectivity index (χ3v) is 2.87. The molecule has 0 N–H and O–H groups in total. The first kappa shape index (κ1) is 13.6. The van der Waals surface area contributed by atoms with Crippen LogP contribution in [0.4, 0.5) is 0 Å². The molecule has 2 aromatic carbocycles. The van der Waals surface area contributed by atoms with E-state index in [0.29, 0.717) is 18.6 Å². The Morgan fingerprint density at radius 2 is 1.58 bits per heavy atom. The fraction of sp³-hybridized carbons (Fsp3) is 0.133. The number of hydrogen-bond acceptors (Lipinski definition) is 2. The van der Waals surface area contributed by atoms with Crippen molar-refractivity contribution in [3.05, 3.63) is 71.8 Å². The number of hydroxylamine groups is 1. The summed E-state index contributed by atoms with van der Waals surface area (Å²) in [6.07, 6.45) is 0.701. The van der Waals surface area contributed by atoms with E-state index < -0.39 is 0 Å². The van der Waals surface area contributed by atoms with Gasteiger partial charge in [-0.2, -0.15) is 0 Å². The molecular weight excluding hydrogens is 262 g/mol. The normalized spacial score (nSPS) is 10.2. The lowest BCUT2D eigenvalue weighted by atomic mass is 10.2. The maximum Gasteiger partial charge on any atom is 0.292 e. The molecule has 0 heterocycles. The van der Waals surface area contributed by atoms with Gasteiger partial charge >= 0.3 is 0 Å². The van der Waals surface area contributed by atoms with Crippen LogP contribution in [-0.2, 0) is 11.3 Å². The topological polar surface area (TPSA) is 29.5 Å². The van der Waals surface area contributed by atoms with E-state index in [0.717, 1.165) is 10.1 Å². The number of carbonyl (C=O) groups is 1. The van der Waals surface area contributed by atoms with E-state index in [1.165, 1.54) is 0 Å². The Kier molecular flexibility index (Phi) is 4.95. The minimum Gasteiger partial charge on any atom is -0.265 e. The molecule has 0 aromatic heterocycles. The van der Waals surface area contributed by atoms with Gasteiger partial charge in [-0.25, -0.2) is 0 Å². The van der Waals surface area contributed by atoms with E-state index in [4.69, 9.17) is 16.6 Å². The highest BCUT2D eigenvalue weighted by Gasteiger charge is 2.13. The maximum atomic E-state index is 11.9. The SMILES string of the molecule is O=C(c1ccccc1)N(Cl)OCCc1ccccc1. The highest BCUT2D eigenvalue weighted by atomic mass is 35.5. The molecule has 0 bridgehead atoms. The highest BCUT2D eigenvalue weighted by Crippen LogP contribution is 2.08. The summed E-state index contributed by atoms with van der Waals surface area (Å²) in [4.78, 5) is 17.1. The first-order valence-electron chi connectivity index (χ1n) is 5.99. The van der Waals surface area contributed by atoms with Crippen molar-refractivity contribution in [3.63, 3.8) is 0 Å². The second-order valence-corrected chi connectivity index (χ2v) is 4.29. The van der Waals surface area contributed by atoms with Crippen molar-refractivity contribution >= 4 is 17.7 Å². The predicted molar refractivity (Wildman–Crippen MR) is 74.6 cm³/mol. The molecule has 1 amide bonds. The zero-order valence-corrected chi connectivity index (χ0v) is 11.1. The zero-order chi connectivity index (χ0) is 13.5. The number of benzene rings is 2. The van der Waals surface area contributed by atoms with Crippen LogP contribution < -0.4 is 0 Å². The fourth-order valence-electron chi connectivity index (χ4n) is 1.63. The largest absolute Gasteiger partial charge is 0.292 e. The molecule has 3 nitrogen and oxygen atoms in total. The third kappa shape index (κ3) is 4.09. The first-order valence-corrected chi connectivity index (χ1v) is 6.33. The van der Waals surface area contributed by atoms with Crippen LogP contribution in [0.3, 0.4) is 0 Å². The van der Waals surface area contributed by atoms with Crippen LogP contribution in [0.15, 0.2) is 60.7 Å². The Labute approximate surface area is 117 Å². The first-order chi connectivity index (χ1) is 9.27. The van der Waals surface area contributed by atoms with Crippen LogP contribution in [0.2, 0.25) is 0 Å². The zero-order valence-electron chi connectivity index (χ0n) is 10.3.